The third-order valence-corrected chi connectivity index (χ3v) is 2.61. The summed E-state index contributed by atoms with van der Waals surface area (Å²) in [6.07, 6.45) is 1.34. The van der Waals surface area contributed by atoms with Gasteiger partial charge in [0.25, 0.3) is 0 Å². The number of aryl methyl sites for hydroxylation is 1. The van der Waals surface area contributed by atoms with Crippen molar-refractivity contribution in [1.82, 2.24) is 5.32 Å². The molecule has 0 aromatic heterocycles. The standard InChI is InChI=1S/C13H18FNO2/c1-10(13(17)15-7-8-16)5-6-11-3-2-4-12(14)9-11/h2-4,9-10,16H,5-8H2,1H3,(H,15,17). The Hall–Kier alpha value is -1.42. The molecule has 0 aliphatic rings. The largest absolute Gasteiger partial charge is 0.395 e. The van der Waals surface area contributed by atoms with Crippen LogP contribution in [0, 0.1) is 11.7 Å². The van der Waals surface area contributed by atoms with Crippen LogP contribution in [0.4, 0.5) is 4.39 Å². The van der Waals surface area contributed by atoms with Gasteiger partial charge in [-0.3, -0.25) is 4.79 Å². The van der Waals surface area contributed by atoms with E-state index in [4.69, 9.17) is 5.11 Å². The SMILES string of the molecule is CC(CCc1cccc(F)c1)C(=O)NCCO. The predicted octanol–water partition coefficient (Wildman–Crippen LogP) is 1.50. The van der Waals surface area contributed by atoms with Crippen LogP contribution in [0.3, 0.4) is 0 Å². The van der Waals surface area contributed by atoms with Crippen LogP contribution in [0.15, 0.2) is 24.3 Å². The van der Waals surface area contributed by atoms with Gasteiger partial charge in [-0.05, 0) is 30.5 Å². The van der Waals surface area contributed by atoms with Crippen LogP contribution in [0.2, 0.25) is 0 Å². The van der Waals surface area contributed by atoms with Gasteiger partial charge in [0, 0.05) is 12.5 Å². The minimum Gasteiger partial charge on any atom is -0.395 e. The van der Waals surface area contributed by atoms with E-state index in [0.29, 0.717) is 12.8 Å². The molecule has 0 radical (unpaired) electrons. The average molecular weight is 239 g/mol. The van der Waals surface area contributed by atoms with Gasteiger partial charge < -0.3 is 10.4 Å². The highest BCUT2D eigenvalue weighted by Gasteiger charge is 2.11. The van der Waals surface area contributed by atoms with Crippen LogP contribution in [0.25, 0.3) is 0 Å². The fraction of sp³-hybridized carbons (Fsp3) is 0.462. The Morgan fingerprint density at radius 3 is 2.94 bits per heavy atom. The van der Waals surface area contributed by atoms with Crippen molar-refractivity contribution in [1.29, 1.82) is 0 Å². The fourth-order valence-electron chi connectivity index (χ4n) is 1.56. The van der Waals surface area contributed by atoms with Crippen LogP contribution in [0.1, 0.15) is 18.9 Å². The first-order valence-corrected chi connectivity index (χ1v) is 5.76. The summed E-state index contributed by atoms with van der Waals surface area (Å²) in [7, 11) is 0. The van der Waals surface area contributed by atoms with Gasteiger partial charge in [0.1, 0.15) is 5.82 Å². The summed E-state index contributed by atoms with van der Waals surface area (Å²) < 4.78 is 12.9. The Morgan fingerprint density at radius 1 is 1.53 bits per heavy atom. The Labute approximate surface area is 101 Å². The Bertz CT molecular complexity index is 368. The summed E-state index contributed by atoms with van der Waals surface area (Å²) in [6.45, 7) is 2.05. The molecule has 0 heterocycles. The molecule has 0 spiro atoms. The highest BCUT2D eigenvalue weighted by molar-refractivity contribution is 5.78. The molecule has 1 aromatic carbocycles. The molecule has 0 bridgehead atoms. The molecule has 0 saturated heterocycles. The molecule has 3 nitrogen and oxygen atoms in total. The van der Waals surface area contributed by atoms with Crippen LogP contribution in [0.5, 0.6) is 0 Å². The lowest BCUT2D eigenvalue weighted by atomic mass is 10.0. The first-order chi connectivity index (χ1) is 8.13. The number of amides is 1. The number of benzene rings is 1. The van der Waals surface area contributed by atoms with Crippen LogP contribution >= 0.6 is 0 Å². The van der Waals surface area contributed by atoms with E-state index in [-0.39, 0.29) is 30.8 Å². The normalized spacial score (nSPS) is 12.2. The van der Waals surface area contributed by atoms with E-state index in [2.05, 4.69) is 5.32 Å². The summed E-state index contributed by atoms with van der Waals surface area (Å²) in [5.74, 6) is -0.458. The molecule has 2 N–H and O–H groups in total. The van der Waals surface area contributed by atoms with Crippen LogP contribution < -0.4 is 5.32 Å². The highest BCUT2D eigenvalue weighted by atomic mass is 19.1. The number of hydrogen-bond donors (Lipinski definition) is 2. The molecule has 94 valence electrons. The van der Waals surface area contributed by atoms with Gasteiger partial charge in [0.2, 0.25) is 5.91 Å². The van der Waals surface area contributed by atoms with E-state index < -0.39 is 0 Å². The summed E-state index contributed by atoms with van der Waals surface area (Å²) in [6, 6.07) is 6.40. The molecule has 0 fully saturated rings. The van der Waals surface area contributed by atoms with E-state index in [0.717, 1.165) is 5.56 Å². The molecule has 4 heteroatoms. The summed E-state index contributed by atoms with van der Waals surface area (Å²) >= 11 is 0. The second-order valence-corrected chi connectivity index (χ2v) is 4.08. The van der Waals surface area contributed by atoms with Gasteiger partial charge in [-0.1, -0.05) is 19.1 Å². The molecule has 1 rings (SSSR count). The monoisotopic (exact) mass is 239 g/mol. The lowest BCUT2D eigenvalue weighted by molar-refractivity contribution is -0.124. The molecular weight excluding hydrogens is 221 g/mol. The van der Waals surface area contributed by atoms with Gasteiger partial charge >= 0.3 is 0 Å². The molecule has 17 heavy (non-hydrogen) atoms. The Balaban J connectivity index is 2.37. The van der Waals surface area contributed by atoms with Crippen LogP contribution in [-0.2, 0) is 11.2 Å². The first kappa shape index (κ1) is 13.6. The maximum atomic E-state index is 12.9. The quantitative estimate of drug-likeness (QED) is 0.790. The number of rotatable bonds is 6. The van der Waals surface area contributed by atoms with Crippen molar-refractivity contribution >= 4 is 5.91 Å². The first-order valence-electron chi connectivity index (χ1n) is 5.76. The van der Waals surface area contributed by atoms with E-state index >= 15 is 0 Å². The fourth-order valence-corrected chi connectivity index (χ4v) is 1.56. The zero-order valence-corrected chi connectivity index (χ0v) is 9.95. The second-order valence-electron chi connectivity index (χ2n) is 4.08. The minimum absolute atomic E-state index is 0.0532. The zero-order chi connectivity index (χ0) is 12.7. The van der Waals surface area contributed by atoms with E-state index in [1.807, 2.05) is 13.0 Å². The topological polar surface area (TPSA) is 49.3 Å². The van der Waals surface area contributed by atoms with Crippen molar-refractivity contribution in [3.63, 3.8) is 0 Å². The smallest absolute Gasteiger partial charge is 0.222 e. The molecule has 1 atom stereocenters. The van der Waals surface area contributed by atoms with Crippen molar-refractivity contribution in [2.45, 2.75) is 19.8 Å². The number of halogens is 1. The van der Waals surface area contributed by atoms with Crippen molar-refractivity contribution < 1.29 is 14.3 Å². The number of aliphatic hydroxyl groups is 1. The molecule has 1 unspecified atom stereocenters. The number of carbonyl (C=O) groups is 1. The molecule has 0 aliphatic carbocycles. The Kier molecular flexibility index (Phi) is 5.63. The van der Waals surface area contributed by atoms with Gasteiger partial charge in [-0.25, -0.2) is 4.39 Å². The summed E-state index contributed by atoms with van der Waals surface area (Å²) in [5, 5.41) is 11.2. The summed E-state index contributed by atoms with van der Waals surface area (Å²) in [5.41, 5.74) is 0.895. The lowest BCUT2D eigenvalue weighted by Crippen LogP contribution is -2.31. The van der Waals surface area contributed by atoms with E-state index in [1.165, 1.54) is 12.1 Å². The molecule has 1 amide bonds. The Morgan fingerprint density at radius 2 is 2.29 bits per heavy atom. The van der Waals surface area contributed by atoms with E-state index in [9.17, 15) is 9.18 Å². The van der Waals surface area contributed by atoms with Crippen molar-refractivity contribution in [3.8, 4) is 0 Å². The van der Waals surface area contributed by atoms with Crippen molar-refractivity contribution in [2.24, 2.45) is 5.92 Å². The van der Waals surface area contributed by atoms with Gasteiger partial charge in [-0.2, -0.15) is 0 Å². The zero-order valence-electron chi connectivity index (χ0n) is 9.95. The molecule has 1 aromatic rings. The lowest BCUT2D eigenvalue weighted by Gasteiger charge is -2.11. The van der Waals surface area contributed by atoms with Gasteiger partial charge in [0.05, 0.1) is 6.61 Å². The van der Waals surface area contributed by atoms with E-state index in [1.54, 1.807) is 6.07 Å². The van der Waals surface area contributed by atoms with Gasteiger partial charge in [-0.15, -0.1) is 0 Å². The molecular formula is C13H18FNO2. The van der Waals surface area contributed by atoms with Crippen molar-refractivity contribution in [2.75, 3.05) is 13.2 Å². The van der Waals surface area contributed by atoms with Gasteiger partial charge in [0.15, 0.2) is 0 Å². The second kappa shape index (κ2) is 7.01. The number of nitrogens with one attached hydrogen (secondary N) is 1. The van der Waals surface area contributed by atoms with Crippen LogP contribution in [-0.4, -0.2) is 24.2 Å². The maximum absolute atomic E-state index is 12.9. The average Bonchev–Trinajstić information content (AvgIpc) is 2.33. The predicted molar refractivity (Wildman–Crippen MR) is 64.0 cm³/mol. The number of carbonyl (C=O) groups excluding carboxylic acids is 1. The molecule has 0 aliphatic heterocycles. The van der Waals surface area contributed by atoms with Crippen molar-refractivity contribution in [3.05, 3.63) is 35.6 Å². The maximum Gasteiger partial charge on any atom is 0.222 e. The summed E-state index contributed by atoms with van der Waals surface area (Å²) in [4.78, 5) is 11.5. The number of hydrogen-bond acceptors (Lipinski definition) is 2. The minimum atomic E-state index is -0.250. The third kappa shape index (κ3) is 4.95. The highest BCUT2D eigenvalue weighted by Crippen LogP contribution is 2.11. The molecule has 0 saturated carbocycles. The number of aliphatic hydroxyl groups excluding tert-OH is 1. The third-order valence-electron chi connectivity index (χ3n) is 2.61.